The Labute approximate surface area is 146 Å². The number of rotatable bonds is 12. The minimum atomic E-state index is -3.66. The topological polar surface area (TPSA) is 71.1 Å². The molecule has 138 valence electrons. The molecule has 1 aromatic rings. The maximum Gasteiger partial charge on any atom is 0.501 e. The zero-order valence-corrected chi connectivity index (χ0v) is 16.7. The Kier molecular flexibility index (Phi) is 9.10. The maximum atomic E-state index is 11.8. The quantitative estimate of drug-likeness (QED) is 0.412. The molecule has 0 atom stereocenters. The number of aryl methyl sites for hydroxylation is 1. The first kappa shape index (κ1) is 21.3. The van der Waals surface area contributed by atoms with Crippen LogP contribution in [0.25, 0.3) is 0 Å². The van der Waals surface area contributed by atoms with Gasteiger partial charge in [-0.05, 0) is 51.8 Å². The number of hydrogen-bond acceptors (Lipinski definition) is 6. The van der Waals surface area contributed by atoms with Crippen molar-refractivity contribution in [2.24, 2.45) is 0 Å². The highest BCUT2D eigenvalue weighted by molar-refractivity contribution is 7.86. The SMILES string of the molecule is CCO[Si](CCc1ccc(S(=O)(=O)OCC)cc1)(OCC)OCC. The second-order valence-electron chi connectivity index (χ2n) is 4.99. The monoisotopic (exact) mass is 376 g/mol. The largest absolute Gasteiger partial charge is 0.501 e. The van der Waals surface area contributed by atoms with Crippen molar-refractivity contribution in [2.45, 2.75) is 45.1 Å². The van der Waals surface area contributed by atoms with Crippen molar-refractivity contribution in [3.63, 3.8) is 0 Å². The second-order valence-corrected chi connectivity index (χ2v) is 9.33. The summed E-state index contributed by atoms with van der Waals surface area (Å²) in [6.07, 6.45) is 0.696. The van der Waals surface area contributed by atoms with Crippen LogP contribution >= 0.6 is 0 Å². The summed E-state index contributed by atoms with van der Waals surface area (Å²) >= 11 is 0. The van der Waals surface area contributed by atoms with Gasteiger partial charge in [-0.15, -0.1) is 0 Å². The van der Waals surface area contributed by atoms with E-state index in [-0.39, 0.29) is 11.5 Å². The Hall–Kier alpha value is -0.773. The summed E-state index contributed by atoms with van der Waals surface area (Å²) in [5.74, 6) is 0. The van der Waals surface area contributed by atoms with E-state index in [0.29, 0.717) is 32.3 Å². The smallest absolute Gasteiger partial charge is 0.374 e. The molecule has 1 aromatic carbocycles. The summed E-state index contributed by atoms with van der Waals surface area (Å²) in [6.45, 7) is 9.15. The van der Waals surface area contributed by atoms with Crippen molar-refractivity contribution in [1.29, 1.82) is 0 Å². The lowest BCUT2D eigenvalue weighted by Gasteiger charge is -2.28. The molecule has 0 aliphatic heterocycles. The van der Waals surface area contributed by atoms with Crippen molar-refractivity contribution < 1.29 is 25.9 Å². The lowest BCUT2D eigenvalue weighted by atomic mass is 10.2. The van der Waals surface area contributed by atoms with Gasteiger partial charge in [0.05, 0.1) is 11.5 Å². The van der Waals surface area contributed by atoms with Crippen molar-refractivity contribution in [1.82, 2.24) is 0 Å². The predicted octanol–water partition coefficient (Wildman–Crippen LogP) is 3.00. The van der Waals surface area contributed by atoms with Crippen LogP contribution in [0.1, 0.15) is 33.3 Å². The van der Waals surface area contributed by atoms with Crippen molar-refractivity contribution in [3.05, 3.63) is 29.8 Å². The highest BCUT2D eigenvalue weighted by atomic mass is 32.2. The van der Waals surface area contributed by atoms with Gasteiger partial charge >= 0.3 is 8.80 Å². The first-order valence-corrected chi connectivity index (χ1v) is 11.7. The van der Waals surface area contributed by atoms with Gasteiger partial charge in [0.1, 0.15) is 0 Å². The highest BCUT2D eigenvalue weighted by Crippen LogP contribution is 2.21. The Morgan fingerprint density at radius 2 is 1.33 bits per heavy atom. The molecule has 24 heavy (non-hydrogen) atoms. The molecule has 0 heterocycles. The van der Waals surface area contributed by atoms with Gasteiger partial charge < -0.3 is 13.3 Å². The molecule has 0 radical (unpaired) electrons. The van der Waals surface area contributed by atoms with E-state index in [2.05, 4.69) is 0 Å². The molecular formula is C16H28O6SSi. The molecule has 0 fully saturated rings. The highest BCUT2D eigenvalue weighted by Gasteiger charge is 2.39. The van der Waals surface area contributed by atoms with E-state index in [0.717, 1.165) is 5.56 Å². The molecule has 0 saturated carbocycles. The summed E-state index contributed by atoms with van der Waals surface area (Å²) in [5, 5.41) is 0. The molecule has 0 unspecified atom stereocenters. The third-order valence-corrected chi connectivity index (χ3v) is 7.74. The summed E-state index contributed by atoms with van der Waals surface area (Å²) in [4.78, 5) is 0.163. The molecule has 0 aliphatic carbocycles. The fourth-order valence-electron chi connectivity index (χ4n) is 2.34. The van der Waals surface area contributed by atoms with Crippen molar-refractivity contribution >= 4 is 18.9 Å². The van der Waals surface area contributed by atoms with Crippen LogP contribution < -0.4 is 0 Å². The van der Waals surface area contributed by atoms with Crippen LogP contribution in [0.4, 0.5) is 0 Å². The lowest BCUT2D eigenvalue weighted by Crippen LogP contribution is -2.46. The minimum absolute atomic E-state index is 0.120. The summed E-state index contributed by atoms with van der Waals surface area (Å²) in [7, 11) is -6.35. The zero-order valence-electron chi connectivity index (χ0n) is 14.9. The van der Waals surface area contributed by atoms with Crippen LogP contribution in [-0.4, -0.2) is 43.6 Å². The van der Waals surface area contributed by atoms with Crippen LogP contribution in [0, 0.1) is 0 Å². The molecule has 0 N–H and O–H groups in total. The average molecular weight is 377 g/mol. The first-order chi connectivity index (χ1) is 11.4. The van der Waals surface area contributed by atoms with Crippen LogP contribution in [0.5, 0.6) is 0 Å². The molecule has 0 aliphatic rings. The normalized spacial score (nSPS) is 12.5. The fourth-order valence-corrected chi connectivity index (χ4v) is 5.86. The molecule has 1 rings (SSSR count). The predicted molar refractivity (Wildman–Crippen MR) is 94.4 cm³/mol. The third-order valence-electron chi connectivity index (χ3n) is 3.30. The summed E-state index contributed by atoms with van der Waals surface area (Å²) in [5.41, 5.74) is 1.00. The van der Waals surface area contributed by atoms with E-state index in [1.807, 2.05) is 20.8 Å². The maximum absolute atomic E-state index is 11.8. The summed E-state index contributed by atoms with van der Waals surface area (Å²) in [6, 6.07) is 7.35. The lowest BCUT2D eigenvalue weighted by molar-refractivity contribution is 0.0714. The van der Waals surface area contributed by atoms with E-state index < -0.39 is 18.9 Å². The Morgan fingerprint density at radius 1 is 0.833 bits per heavy atom. The van der Waals surface area contributed by atoms with Gasteiger partial charge in [-0.2, -0.15) is 8.42 Å². The van der Waals surface area contributed by atoms with E-state index in [4.69, 9.17) is 17.5 Å². The van der Waals surface area contributed by atoms with Gasteiger partial charge in [-0.25, -0.2) is 0 Å². The van der Waals surface area contributed by atoms with Gasteiger partial charge in [0.25, 0.3) is 10.1 Å². The molecule has 0 saturated heterocycles. The third kappa shape index (κ3) is 6.27. The van der Waals surface area contributed by atoms with E-state index in [1.54, 1.807) is 31.2 Å². The Balaban J connectivity index is 2.81. The average Bonchev–Trinajstić information content (AvgIpc) is 2.54. The van der Waals surface area contributed by atoms with Crippen LogP contribution in [0.3, 0.4) is 0 Å². The Bertz CT molecular complexity index is 556. The number of benzene rings is 1. The minimum Gasteiger partial charge on any atom is -0.374 e. The van der Waals surface area contributed by atoms with Gasteiger partial charge in [-0.3, -0.25) is 4.18 Å². The van der Waals surface area contributed by atoms with Gasteiger partial charge in [-0.1, -0.05) is 12.1 Å². The standard InChI is InChI=1S/C16H28O6SSi/c1-5-19-23(17,18)16-11-9-15(10-12-16)13-14-24(20-6-2,21-7-3)22-8-4/h9-12H,5-8,13-14H2,1-4H3. The fraction of sp³-hybridized carbons (Fsp3) is 0.625. The van der Waals surface area contributed by atoms with Crippen molar-refractivity contribution in [2.75, 3.05) is 26.4 Å². The molecule has 0 aromatic heterocycles. The van der Waals surface area contributed by atoms with E-state index >= 15 is 0 Å². The van der Waals surface area contributed by atoms with E-state index in [1.165, 1.54) is 0 Å². The molecule has 0 amide bonds. The molecule has 0 bridgehead atoms. The molecule has 0 spiro atoms. The first-order valence-electron chi connectivity index (χ1n) is 8.33. The van der Waals surface area contributed by atoms with Crippen LogP contribution in [0.2, 0.25) is 6.04 Å². The van der Waals surface area contributed by atoms with Crippen LogP contribution in [0.15, 0.2) is 29.2 Å². The molecule has 8 heteroatoms. The Morgan fingerprint density at radius 3 is 1.75 bits per heavy atom. The zero-order chi connectivity index (χ0) is 18.1. The number of hydrogen-bond donors (Lipinski definition) is 0. The van der Waals surface area contributed by atoms with Gasteiger partial charge in [0, 0.05) is 25.9 Å². The van der Waals surface area contributed by atoms with Crippen molar-refractivity contribution in [3.8, 4) is 0 Å². The van der Waals surface area contributed by atoms with Gasteiger partial charge in [0.15, 0.2) is 0 Å². The van der Waals surface area contributed by atoms with Gasteiger partial charge in [0.2, 0.25) is 0 Å². The second kappa shape index (κ2) is 10.3. The van der Waals surface area contributed by atoms with Crippen LogP contribution in [-0.2, 0) is 34.0 Å². The molecule has 6 nitrogen and oxygen atoms in total. The summed E-state index contributed by atoms with van der Waals surface area (Å²) < 4.78 is 45.9. The van der Waals surface area contributed by atoms with E-state index in [9.17, 15) is 8.42 Å². The molecular weight excluding hydrogens is 348 g/mol.